The first-order valence-corrected chi connectivity index (χ1v) is 6.42. The quantitative estimate of drug-likeness (QED) is 0.517. The molecule has 0 aromatic carbocycles. The summed E-state index contributed by atoms with van der Waals surface area (Å²) in [6, 6.07) is 0. The van der Waals surface area contributed by atoms with Gasteiger partial charge in [0, 0.05) is 18.1 Å². The molecule has 2 aliphatic rings. The SMILES string of the molecule is CCCOCC12OC1SCCS2. The van der Waals surface area contributed by atoms with Gasteiger partial charge in [-0.1, -0.05) is 6.92 Å². The summed E-state index contributed by atoms with van der Waals surface area (Å²) in [6.45, 7) is 3.78. The molecule has 0 aliphatic carbocycles. The van der Waals surface area contributed by atoms with E-state index in [2.05, 4.69) is 6.92 Å². The fourth-order valence-corrected chi connectivity index (χ4v) is 4.06. The number of hydrogen-bond donors (Lipinski definition) is 0. The molecule has 0 aromatic rings. The minimum Gasteiger partial charge on any atom is -0.377 e. The minimum atomic E-state index is 0.0537. The minimum absolute atomic E-state index is 0.0537. The van der Waals surface area contributed by atoms with Gasteiger partial charge < -0.3 is 9.47 Å². The van der Waals surface area contributed by atoms with E-state index in [1.54, 1.807) is 0 Å². The monoisotopic (exact) mass is 206 g/mol. The van der Waals surface area contributed by atoms with E-state index >= 15 is 0 Å². The van der Waals surface area contributed by atoms with E-state index < -0.39 is 0 Å². The van der Waals surface area contributed by atoms with Gasteiger partial charge in [0.25, 0.3) is 0 Å². The van der Waals surface area contributed by atoms with Crippen LogP contribution in [0.5, 0.6) is 0 Å². The Balaban J connectivity index is 1.73. The van der Waals surface area contributed by atoms with Crippen molar-refractivity contribution in [3.8, 4) is 0 Å². The molecule has 0 amide bonds. The maximum Gasteiger partial charge on any atom is 0.174 e. The molecule has 2 unspecified atom stereocenters. The Morgan fingerprint density at radius 3 is 3.25 bits per heavy atom. The van der Waals surface area contributed by atoms with Crippen LogP contribution in [0, 0.1) is 0 Å². The van der Waals surface area contributed by atoms with E-state index in [0.717, 1.165) is 19.6 Å². The number of rotatable bonds is 4. The third-order valence-corrected chi connectivity index (χ3v) is 4.91. The molecule has 2 heterocycles. The van der Waals surface area contributed by atoms with Crippen LogP contribution in [-0.2, 0) is 9.47 Å². The highest BCUT2D eigenvalue weighted by molar-refractivity contribution is 8.08. The Morgan fingerprint density at radius 2 is 2.50 bits per heavy atom. The lowest BCUT2D eigenvalue weighted by Gasteiger charge is -2.15. The fraction of sp³-hybridized carbons (Fsp3) is 1.00. The number of ether oxygens (including phenoxy) is 2. The topological polar surface area (TPSA) is 21.8 Å². The molecule has 0 spiro atoms. The molecule has 0 saturated carbocycles. The van der Waals surface area contributed by atoms with Crippen molar-refractivity contribution >= 4 is 23.5 Å². The molecule has 2 fully saturated rings. The molecule has 2 atom stereocenters. The van der Waals surface area contributed by atoms with E-state index in [9.17, 15) is 0 Å². The van der Waals surface area contributed by atoms with Crippen LogP contribution < -0.4 is 0 Å². The van der Waals surface area contributed by atoms with E-state index in [0.29, 0.717) is 5.44 Å². The molecule has 70 valence electrons. The van der Waals surface area contributed by atoms with Crippen LogP contribution in [0.1, 0.15) is 13.3 Å². The van der Waals surface area contributed by atoms with E-state index in [-0.39, 0.29) is 4.93 Å². The molecule has 0 radical (unpaired) electrons. The molecule has 2 nitrogen and oxygen atoms in total. The Hall–Kier alpha value is 0.620. The molecule has 12 heavy (non-hydrogen) atoms. The lowest BCUT2D eigenvalue weighted by atomic mass is 10.5. The Bertz CT molecular complexity index is 165. The zero-order valence-corrected chi connectivity index (χ0v) is 8.88. The summed E-state index contributed by atoms with van der Waals surface area (Å²) in [5.41, 5.74) is 0.424. The first-order chi connectivity index (χ1) is 5.87. The zero-order chi connectivity index (χ0) is 8.44. The van der Waals surface area contributed by atoms with E-state index in [1.807, 2.05) is 23.5 Å². The standard InChI is InChI=1S/C8H14O2S2/c1-2-3-9-6-8-7(10-8)11-4-5-12-8/h7H,2-6H2,1H3. The first-order valence-electron chi connectivity index (χ1n) is 4.38. The van der Waals surface area contributed by atoms with Gasteiger partial charge in [0.15, 0.2) is 4.93 Å². The maximum absolute atomic E-state index is 5.61. The lowest BCUT2D eigenvalue weighted by molar-refractivity contribution is 0.108. The number of epoxide rings is 1. The van der Waals surface area contributed by atoms with Gasteiger partial charge in [0.05, 0.1) is 6.61 Å². The van der Waals surface area contributed by atoms with Crippen molar-refractivity contribution in [2.24, 2.45) is 0 Å². The molecular formula is C8H14O2S2. The Kier molecular flexibility index (Phi) is 2.89. The summed E-state index contributed by atoms with van der Waals surface area (Å²) in [5, 5.41) is 0. The number of fused-ring (bicyclic) bond motifs is 1. The van der Waals surface area contributed by atoms with E-state index in [1.165, 1.54) is 11.5 Å². The Labute approximate surface area is 81.8 Å². The van der Waals surface area contributed by atoms with Gasteiger partial charge in [-0.15, -0.1) is 23.5 Å². The van der Waals surface area contributed by atoms with Crippen molar-refractivity contribution in [2.45, 2.75) is 23.7 Å². The lowest BCUT2D eigenvalue weighted by Crippen LogP contribution is -2.22. The molecule has 0 N–H and O–H groups in total. The average molecular weight is 206 g/mol. The number of hydrogen-bond acceptors (Lipinski definition) is 4. The Morgan fingerprint density at radius 1 is 1.58 bits per heavy atom. The van der Waals surface area contributed by atoms with Crippen LogP contribution in [0.2, 0.25) is 0 Å². The van der Waals surface area contributed by atoms with Gasteiger partial charge in [-0.25, -0.2) is 0 Å². The molecular weight excluding hydrogens is 192 g/mol. The highest BCUT2D eigenvalue weighted by atomic mass is 32.2. The van der Waals surface area contributed by atoms with Crippen molar-refractivity contribution in [1.82, 2.24) is 0 Å². The van der Waals surface area contributed by atoms with Gasteiger partial charge in [-0.3, -0.25) is 0 Å². The third kappa shape index (κ3) is 1.76. The molecule has 0 aromatic heterocycles. The molecule has 2 aliphatic heterocycles. The summed E-state index contributed by atoms with van der Waals surface area (Å²) in [7, 11) is 0. The van der Waals surface area contributed by atoms with Gasteiger partial charge in [0.2, 0.25) is 0 Å². The fourth-order valence-electron chi connectivity index (χ4n) is 1.28. The van der Waals surface area contributed by atoms with Crippen LogP contribution in [0.15, 0.2) is 0 Å². The second kappa shape index (κ2) is 3.78. The molecule has 0 bridgehead atoms. The van der Waals surface area contributed by atoms with Crippen molar-refractivity contribution in [3.63, 3.8) is 0 Å². The van der Waals surface area contributed by atoms with Crippen LogP contribution in [0.25, 0.3) is 0 Å². The van der Waals surface area contributed by atoms with Crippen molar-refractivity contribution in [1.29, 1.82) is 0 Å². The highest BCUT2D eigenvalue weighted by Crippen LogP contribution is 2.55. The van der Waals surface area contributed by atoms with Gasteiger partial charge in [-0.2, -0.15) is 0 Å². The van der Waals surface area contributed by atoms with Crippen molar-refractivity contribution in [2.75, 3.05) is 24.7 Å². The van der Waals surface area contributed by atoms with Crippen molar-refractivity contribution < 1.29 is 9.47 Å². The molecule has 2 rings (SSSR count). The smallest absolute Gasteiger partial charge is 0.174 e. The van der Waals surface area contributed by atoms with Crippen LogP contribution in [0.4, 0.5) is 0 Å². The average Bonchev–Trinajstić information content (AvgIpc) is 2.79. The van der Waals surface area contributed by atoms with Gasteiger partial charge >= 0.3 is 0 Å². The highest BCUT2D eigenvalue weighted by Gasteiger charge is 2.59. The molecule has 2 saturated heterocycles. The predicted molar refractivity (Wildman–Crippen MR) is 53.6 cm³/mol. The largest absolute Gasteiger partial charge is 0.377 e. The van der Waals surface area contributed by atoms with E-state index in [4.69, 9.17) is 9.47 Å². The van der Waals surface area contributed by atoms with Gasteiger partial charge in [-0.05, 0) is 6.42 Å². The second-order valence-electron chi connectivity index (χ2n) is 3.03. The maximum atomic E-state index is 5.61. The normalized spacial score (nSPS) is 39.2. The second-order valence-corrected chi connectivity index (χ2v) is 5.59. The summed E-state index contributed by atoms with van der Waals surface area (Å²) in [5.74, 6) is 2.43. The predicted octanol–water partition coefficient (Wildman–Crippen LogP) is 1.95. The first kappa shape index (κ1) is 9.19. The summed E-state index contributed by atoms with van der Waals surface area (Å²) in [4.78, 5) is 0.0537. The summed E-state index contributed by atoms with van der Waals surface area (Å²) < 4.78 is 11.1. The summed E-state index contributed by atoms with van der Waals surface area (Å²) in [6.07, 6.45) is 1.10. The summed E-state index contributed by atoms with van der Waals surface area (Å²) >= 11 is 3.85. The van der Waals surface area contributed by atoms with Crippen LogP contribution in [0.3, 0.4) is 0 Å². The van der Waals surface area contributed by atoms with Crippen LogP contribution >= 0.6 is 23.5 Å². The molecule has 4 heteroatoms. The van der Waals surface area contributed by atoms with Crippen LogP contribution in [-0.4, -0.2) is 35.1 Å². The number of thioether (sulfide) groups is 2. The van der Waals surface area contributed by atoms with Crippen molar-refractivity contribution in [3.05, 3.63) is 0 Å². The zero-order valence-electron chi connectivity index (χ0n) is 7.25. The third-order valence-electron chi connectivity index (χ3n) is 1.96. The van der Waals surface area contributed by atoms with Gasteiger partial charge in [0.1, 0.15) is 5.44 Å².